The zero-order valence-corrected chi connectivity index (χ0v) is 15.5. The molecular weight excluding hydrogens is 394 g/mol. The minimum Gasteiger partial charge on any atom is -0.321 e. The Morgan fingerprint density at radius 1 is 1.19 bits per heavy atom. The largest absolute Gasteiger partial charge is 0.321 e. The van der Waals surface area contributed by atoms with Crippen molar-refractivity contribution in [2.75, 3.05) is 11.1 Å². The van der Waals surface area contributed by atoms with Gasteiger partial charge in [-0.1, -0.05) is 47.8 Å². The van der Waals surface area contributed by atoms with Gasteiger partial charge in [-0.05, 0) is 29.8 Å². The van der Waals surface area contributed by atoms with E-state index in [2.05, 4.69) is 5.32 Å². The molecule has 0 saturated carbocycles. The molecule has 1 aliphatic rings. The number of nitrogens with zero attached hydrogens (tertiary/aromatic N) is 1. The fraction of sp³-hybridized carbons (Fsp3) is 0.167. The van der Waals surface area contributed by atoms with E-state index >= 15 is 0 Å². The van der Waals surface area contributed by atoms with E-state index in [0.29, 0.717) is 28.6 Å². The van der Waals surface area contributed by atoms with E-state index in [1.165, 1.54) is 6.07 Å². The minimum absolute atomic E-state index is 0.0869. The highest BCUT2D eigenvalue weighted by Crippen LogP contribution is 2.32. The van der Waals surface area contributed by atoms with E-state index in [0.717, 1.165) is 16.7 Å². The number of benzene rings is 2. The molecule has 3 rings (SSSR count). The average molecular weight is 408 g/mol. The molecule has 0 aliphatic carbocycles. The summed E-state index contributed by atoms with van der Waals surface area (Å²) in [5, 5.41) is 2.31. The first-order valence-corrected chi connectivity index (χ1v) is 9.72. The summed E-state index contributed by atoms with van der Waals surface area (Å²) >= 11 is 1.30. The smallest absolute Gasteiger partial charge is 0.289 e. The van der Waals surface area contributed by atoms with Gasteiger partial charge >= 0.3 is 0 Å². The van der Waals surface area contributed by atoms with Gasteiger partial charge in [0.05, 0.1) is 18.0 Å². The van der Waals surface area contributed by atoms with Gasteiger partial charge in [0, 0.05) is 10.5 Å². The molecule has 0 bridgehead atoms. The number of nitrogens with one attached hydrogen (secondary N) is 1. The molecule has 1 aliphatic heterocycles. The zero-order chi connectivity index (χ0) is 19.4. The van der Waals surface area contributed by atoms with Crippen LogP contribution >= 0.6 is 23.5 Å². The lowest BCUT2D eigenvalue weighted by Gasteiger charge is -2.14. The third-order valence-electron chi connectivity index (χ3n) is 3.72. The van der Waals surface area contributed by atoms with Crippen molar-refractivity contribution in [3.8, 4) is 0 Å². The van der Waals surface area contributed by atoms with E-state index in [1.54, 1.807) is 42.5 Å². The van der Waals surface area contributed by atoms with Gasteiger partial charge in [-0.3, -0.25) is 19.3 Å². The zero-order valence-electron chi connectivity index (χ0n) is 13.9. The molecule has 0 radical (unpaired) electrons. The number of alkyl halides is 2. The lowest BCUT2D eigenvalue weighted by Crippen LogP contribution is -2.28. The maximum atomic E-state index is 12.7. The summed E-state index contributed by atoms with van der Waals surface area (Å²) in [5.41, 5.74) is 1.22. The topological polar surface area (TPSA) is 66.5 Å². The molecule has 9 heteroatoms. The molecule has 27 heavy (non-hydrogen) atoms. The van der Waals surface area contributed by atoms with E-state index < -0.39 is 11.7 Å². The molecule has 140 valence electrons. The van der Waals surface area contributed by atoms with Gasteiger partial charge in [-0.15, -0.1) is 0 Å². The van der Waals surface area contributed by atoms with Gasteiger partial charge < -0.3 is 5.32 Å². The molecule has 3 amide bonds. The van der Waals surface area contributed by atoms with Crippen LogP contribution in [0.4, 0.5) is 19.3 Å². The molecule has 0 spiro atoms. The van der Waals surface area contributed by atoms with Crippen molar-refractivity contribution in [1.82, 2.24) is 4.90 Å². The van der Waals surface area contributed by atoms with Crippen molar-refractivity contribution in [3.63, 3.8) is 0 Å². The lowest BCUT2D eigenvalue weighted by molar-refractivity contribution is -0.125. The highest BCUT2D eigenvalue weighted by Gasteiger charge is 2.29. The molecule has 5 nitrogen and oxygen atoms in total. The summed E-state index contributed by atoms with van der Waals surface area (Å²) in [5.74, 6) is -3.21. The molecule has 0 atom stereocenters. The van der Waals surface area contributed by atoms with Crippen LogP contribution in [0.5, 0.6) is 0 Å². The summed E-state index contributed by atoms with van der Waals surface area (Å²) in [6.45, 7) is 0.0869. The molecule has 0 unspecified atom stereocenters. The molecule has 0 aromatic heterocycles. The third-order valence-corrected chi connectivity index (χ3v) is 5.37. The third kappa shape index (κ3) is 4.86. The lowest BCUT2D eigenvalue weighted by atomic mass is 10.1. The molecule has 1 fully saturated rings. The Morgan fingerprint density at radius 2 is 1.96 bits per heavy atom. The molecule has 1 N–H and O–H groups in total. The molecule has 1 saturated heterocycles. The summed E-state index contributed by atoms with van der Waals surface area (Å²) in [6.07, 6.45) is 0. The first-order chi connectivity index (χ1) is 12.9. The second-order valence-electron chi connectivity index (χ2n) is 5.56. The maximum absolute atomic E-state index is 12.7. The predicted octanol–water partition coefficient (Wildman–Crippen LogP) is 4.45. The Hall–Kier alpha value is -2.39. The summed E-state index contributed by atoms with van der Waals surface area (Å²) in [7, 11) is 0. The van der Waals surface area contributed by atoms with Crippen LogP contribution < -0.4 is 5.32 Å². The van der Waals surface area contributed by atoms with Crippen LogP contribution in [0.3, 0.4) is 0 Å². The van der Waals surface area contributed by atoms with E-state index in [1.807, 2.05) is 0 Å². The van der Waals surface area contributed by atoms with E-state index in [9.17, 15) is 23.2 Å². The predicted molar refractivity (Wildman–Crippen MR) is 101 cm³/mol. The van der Waals surface area contributed by atoms with Crippen LogP contribution in [-0.4, -0.2) is 33.5 Å². The van der Waals surface area contributed by atoms with Crippen LogP contribution in [0.25, 0.3) is 0 Å². The quantitative estimate of drug-likeness (QED) is 0.716. The maximum Gasteiger partial charge on any atom is 0.289 e. The van der Waals surface area contributed by atoms with Gasteiger partial charge in [0.2, 0.25) is 5.91 Å². The highest BCUT2D eigenvalue weighted by atomic mass is 32.2. The first-order valence-electron chi connectivity index (χ1n) is 7.85. The van der Waals surface area contributed by atoms with Crippen molar-refractivity contribution >= 4 is 46.3 Å². The molecule has 2 aromatic rings. The number of carbonyl (C=O) groups excluding carboxylic acids is 3. The molecule has 2 aromatic carbocycles. The summed E-state index contributed by atoms with van der Waals surface area (Å²) in [6, 6.07) is 12.8. The Balaban J connectivity index is 1.74. The van der Waals surface area contributed by atoms with Gasteiger partial charge in [-0.25, -0.2) is 0 Å². The number of anilines is 1. The number of hydrogen-bond donors (Lipinski definition) is 1. The minimum atomic E-state index is -2.60. The second-order valence-corrected chi connectivity index (χ2v) is 7.52. The average Bonchev–Trinajstić information content (AvgIpc) is 2.95. The molecule has 1 heterocycles. The van der Waals surface area contributed by atoms with Crippen LogP contribution in [0.1, 0.15) is 15.9 Å². The van der Waals surface area contributed by atoms with Crippen LogP contribution in [-0.2, 0) is 11.3 Å². The van der Waals surface area contributed by atoms with Gasteiger partial charge in [0.1, 0.15) is 0 Å². The Bertz CT molecular complexity index is 876. The number of hydrogen-bond acceptors (Lipinski definition) is 5. The second kappa shape index (κ2) is 8.53. The standard InChI is InChI=1S/C18H14F2N2O3S2/c19-17(20)27-14-7-2-1-6-13(14)21-16(24)12-5-3-4-11(8-12)9-22-15(23)10-26-18(22)25/h1-8,17H,9-10H2,(H,21,24). The van der Waals surface area contributed by atoms with Gasteiger partial charge in [0.15, 0.2) is 0 Å². The van der Waals surface area contributed by atoms with Crippen molar-refractivity contribution in [1.29, 1.82) is 0 Å². The Kier molecular flexibility index (Phi) is 6.12. The normalized spacial score (nSPS) is 14.1. The molecular formula is C18H14F2N2O3S2. The van der Waals surface area contributed by atoms with Crippen molar-refractivity contribution < 1.29 is 23.2 Å². The fourth-order valence-corrected chi connectivity index (χ4v) is 3.81. The van der Waals surface area contributed by atoms with Crippen molar-refractivity contribution in [2.45, 2.75) is 17.2 Å². The SMILES string of the molecule is O=C(Nc1ccccc1SC(F)F)c1cccc(CN2C(=O)CSC2=O)c1. The van der Waals surface area contributed by atoms with Crippen LogP contribution in [0.2, 0.25) is 0 Å². The Labute approximate surface area is 162 Å². The number of rotatable bonds is 6. The van der Waals surface area contributed by atoms with E-state index in [4.69, 9.17) is 0 Å². The number of carbonyl (C=O) groups is 3. The highest BCUT2D eigenvalue weighted by molar-refractivity contribution is 8.14. The first kappa shape index (κ1) is 19.4. The number of thioether (sulfide) groups is 2. The van der Waals surface area contributed by atoms with Gasteiger partial charge in [-0.2, -0.15) is 8.78 Å². The van der Waals surface area contributed by atoms with Crippen molar-refractivity contribution in [2.24, 2.45) is 0 Å². The number of para-hydroxylation sites is 1. The number of imide groups is 1. The number of halogens is 2. The summed E-state index contributed by atoms with van der Waals surface area (Å²) < 4.78 is 25.3. The Morgan fingerprint density at radius 3 is 2.67 bits per heavy atom. The monoisotopic (exact) mass is 408 g/mol. The van der Waals surface area contributed by atoms with E-state index in [-0.39, 0.29) is 28.3 Å². The van der Waals surface area contributed by atoms with Crippen molar-refractivity contribution in [3.05, 3.63) is 59.7 Å². The fourth-order valence-electron chi connectivity index (χ4n) is 2.49. The van der Waals surface area contributed by atoms with Crippen LogP contribution in [0, 0.1) is 0 Å². The van der Waals surface area contributed by atoms with Crippen LogP contribution in [0.15, 0.2) is 53.4 Å². The number of amides is 3. The van der Waals surface area contributed by atoms with Gasteiger partial charge in [0.25, 0.3) is 16.9 Å². The summed E-state index contributed by atoms with van der Waals surface area (Å²) in [4.78, 5) is 37.3.